The van der Waals surface area contributed by atoms with Crippen LogP contribution in [0.25, 0.3) is 0 Å². The fraction of sp³-hybridized carbons (Fsp3) is 0.364. The van der Waals surface area contributed by atoms with Gasteiger partial charge >= 0.3 is 11.9 Å². The summed E-state index contributed by atoms with van der Waals surface area (Å²) < 4.78 is 10.5. The summed E-state index contributed by atoms with van der Waals surface area (Å²) in [4.78, 5) is 24.1. The molecule has 0 heterocycles. The van der Waals surface area contributed by atoms with Crippen LogP contribution in [-0.2, 0) is 44.7 Å². The molecule has 2 atom stereocenters. The summed E-state index contributed by atoms with van der Waals surface area (Å²) in [6.45, 7) is 1.37. The summed E-state index contributed by atoms with van der Waals surface area (Å²) in [6.07, 6.45) is 2.36. The number of methoxy groups -OCH3 is 1. The quantitative estimate of drug-likeness (QED) is 0.778. The first-order chi connectivity index (χ1) is 12.5. The molecule has 4 aliphatic rings. The molecule has 2 aromatic carbocycles. The van der Waals surface area contributed by atoms with Crippen LogP contribution >= 0.6 is 0 Å². The molecule has 0 saturated carbocycles. The lowest BCUT2D eigenvalue weighted by Crippen LogP contribution is -2.36. The molecule has 6 rings (SSSR count). The molecule has 0 fully saturated rings. The molecular weight excluding hydrogens is 328 g/mol. The Morgan fingerprint density at radius 2 is 1.27 bits per heavy atom. The van der Waals surface area contributed by atoms with Gasteiger partial charge in [-0.15, -0.1) is 0 Å². The lowest BCUT2D eigenvalue weighted by atomic mass is 9.88. The van der Waals surface area contributed by atoms with Gasteiger partial charge in [0.25, 0.3) is 0 Å². The van der Waals surface area contributed by atoms with Crippen LogP contribution in [-0.4, -0.2) is 25.2 Å². The normalized spacial score (nSPS) is 19.6. The first-order valence-corrected chi connectivity index (χ1v) is 8.96. The second-order valence-electron chi connectivity index (χ2n) is 6.82. The van der Waals surface area contributed by atoms with Crippen molar-refractivity contribution in [2.45, 2.75) is 38.7 Å². The van der Waals surface area contributed by atoms with E-state index in [9.17, 15) is 9.59 Å². The largest absolute Gasteiger partial charge is 0.469 e. The van der Waals surface area contributed by atoms with Crippen LogP contribution < -0.4 is 0 Å². The van der Waals surface area contributed by atoms with Gasteiger partial charge in [0, 0.05) is 13.3 Å². The average Bonchev–Trinajstić information content (AvgIpc) is 2.65. The van der Waals surface area contributed by atoms with Crippen molar-refractivity contribution in [3.63, 3.8) is 0 Å². The Morgan fingerprint density at radius 1 is 0.808 bits per heavy atom. The Balaban J connectivity index is 2.01. The Morgan fingerprint density at radius 3 is 1.73 bits per heavy atom. The molecule has 4 heteroatoms. The number of hydrogen-bond donors (Lipinski definition) is 0. The van der Waals surface area contributed by atoms with Crippen molar-refractivity contribution in [3.05, 3.63) is 70.8 Å². The molecule has 4 aliphatic carbocycles. The Labute approximate surface area is 154 Å². The van der Waals surface area contributed by atoms with Crippen molar-refractivity contribution in [1.29, 1.82) is 0 Å². The Kier molecular flexibility index (Phi) is 5.71. The fourth-order valence-electron chi connectivity index (χ4n) is 3.46. The van der Waals surface area contributed by atoms with Crippen molar-refractivity contribution in [1.82, 2.24) is 0 Å². The van der Waals surface area contributed by atoms with Crippen molar-refractivity contribution < 1.29 is 19.1 Å². The molecule has 26 heavy (non-hydrogen) atoms. The molecule has 0 aromatic heterocycles. The molecule has 0 radical (unpaired) electrons. The third kappa shape index (κ3) is 4.51. The molecule has 2 aromatic rings. The van der Waals surface area contributed by atoms with Gasteiger partial charge in [-0.05, 0) is 41.5 Å². The number of rotatable bonds is 2. The van der Waals surface area contributed by atoms with E-state index >= 15 is 0 Å². The van der Waals surface area contributed by atoms with Crippen LogP contribution in [0.1, 0.15) is 29.2 Å². The van der Waals surface area contributed by atoms with E-state index in [1.807, 2.05) is 24.3 Å². The van der Waals surface area contributed by atoms with Gasteiger partial charge in [-0.25, -0.2) is 0 Å². The van der Waals surface area contributed by atoms with Crippen molar-refractivity contribution in [2.24, 2.45) is 5.92 Å². The monoisotopic (exact) mass is 352 g/mol. The number of hydrogen-bond acceptors (Lipinski definition) is 4. The zero-order valence-electron chi connectivity index (χ0n) is 15.2. The third-order valence-electron chi connectivity index (χ3n) is 4.91. The van der Waals surface area contributed by atoms with E-state index in [0.717, 1.165) is 24.0 Å². The highest BCUT2D eigenvalue weighted by Gasteiger charge is 2.32. The number of aryl methyl sites for hydroxylation is 2. The predicted octanol–water partition coefficient (Wildman–Crippen LogP) is 3.29. The fourth-order valence-corrected chi connectivity index (χ4v) is 3.46. The van der Waals surface area contributed by atoms with Gasteiger partial charge in [0.05, 0.1) is 13.0 Å². The van der Waals surface area contributed by atoms with E-state index in [4.69, 9.17) is 9.47 Å². The van der Waals surface area contributed by atoms with E-state index in [2.05, 4.69) is 24.3 Å². The molecule has 0 aliphatic heterocycles. The summed E-state index contributed by atoms with van der Waals surface area (Å²) in [5.41, 5.74) is 4.61. The number of ether oxygens (including phenoxy) is 2. The number of carbonyl (C=O) groups is 2. The van der Waals surface area contributed by atoms with Crippen LogP contribution in [0.5, 0.6) is 0 Å². The van der Waals surface area contributed by atoms with Gasteiger partial charge in [0.15, 0.2) is 0 Å². The number of carbonyl (C=O) groups excluding carboxylic acids is 2. The Bertz CT molecular complexity index is 762. The molecule has 0 unspecified atom stereocenters. The second kappa shape index (κ2) is 8.17. The lowest BCUT2D eigenvalue weighted by Gasteiger charge is -2.25. The first-order valence-electron chi connectivity index (χ1n) is 8.96. The molecule has 4 nitrogen and oxygen atoms in total. The number of benzene rings is 2. The lowest BCUT2D eigenvalue weighted by molar-refractivity contribution is -0.158. The molecule has 136 valence electrons. The van der Waals surface area contributed by atoms with Gasteiger partial charge < -0.3 is 9.47 Å². The van der Waals surface area contributed by atoms with Gasteiger partial charge in [-0.3, -0.25) is 9.59 Å². The first kappa shape index (κ1) is 18.2. The molecule has 0 spiro atoms. The highest BCUT2D eigenvalue weighted by Crippen LogP contribution is 2.23. The van der Waals surface area contributed by atoms with Crippen LogP contribution in [0.15, 0.2) is 48.5 Å². The Hall–Kier alpha value is -2.62. The minimum absolute atomic E-state index is 0.357. The van der Waals surface area contributed by atoms with Crippen molar-refractivity contribution >= 4 is 11.9 Å². The number of esters is 2. The van der Waals surface area contributed by atoms with Crippen LogP contribution in [0.2, 0.25) is 0 Å². The van der Waals surface area contributed by atoms with E-state index < -0.39 is 18.0 Å². The second-order valence-corrected chi connectivity index (χ2v) is 6.82. The van der Waals surface area contributed by atoms with Crippen LogP contribution in [0.4, 0.5) is 0 Å². The summed E-state index contributed by atoms with van der Waals surface area (Å²) in [6, 6.07) is 16.6. The molecule has 0 amide bonds. The average molecular weight is 352 g/mol. The van der Waals surface area contributed by atoms with E-state index in [0.29, 0.717) is 12.8 Å². The zero-order valence-corrected chi connectivity index (χ0v) is 15.2. The topological polar surface area (TPSA) is 52.6 Å². The minimum atomic E-state index is -0.562. The minimum Gasteiger partial charge on any atom is -0.469 e. The summed E-state index contributed by atoms with van der Waals surface area (Å²) in [7, 11) is 1.37. The zero-order chi connectivity index (χ0) is 18.5. The molecule has 0 saturated heterocycles. The maximum absolute atomic E-state index is 12.4. The smallest absolute Gasteiger partial charge is 0.312 e. The highest BCUT2D eigenvalue weighted by atomic mass is 16.6. The molecule has 4 bridgehead atoms. The van der Waals surface area contributed by atoms with Crippen molar-refractivity contribution in [3.8, 4) is 0 Å². The SMILES string of the molecule is COC(=O)[C@@H]1Cc2ccc(cc2)CCc2ccc(cc2)C[C@@H]1OC(C)=O. The summed E-state index contributed by atoms with van der Waals surface area (Å²) in [5.74, 6) is -1.29. The summed E-state index contributed by atoms with van der Waals surface area (Å²) in [5, 5.41) is 0. The van der Waals surface area contributed by atoms with Crippen LogP contribution in [0, 0.1) is 5.92 Å². The maximum Gasteiger partial charge on any atom is 0.312 e. The van der Waals surface area contributed by atoms with Gasteiger partial charge in [-0.2, -0.15) is 0 Å². The third-order valence-corrected chi connectivity index (χ3v) is 4.91. The molecule has 0 N–H and O–H groups in total. The predicted molar refractivity (Wildman–Crippen MR) is 98.8 cm³/mol. The van der Waals surface area contributed by atoms with Crippen molar-refractivity contribution in [2.75, 3.05) is 7.11 Å². The van der Waals surface area contributed by atoms with Gasteiger partial charge in [0.2, 0.25) is 0 Å². The summed E-state index contributed by atoms with van der Waals surface area (Å²) >= 11 is 0. The standard InChI is InChI=1S/C22H24O4/c1-15(23)26-21-14-19-11-7-17(8-12-19)4-3-16-5-9-18(10-6-16)13-20(21)22(24)25-2/h5-12,20-21H,3-4,13-14H2,1-2H3/t20-,21+/m1/s1. The van der Waals surface area contributed by atoms with E-state index in [-0.39, 0.29) is 5.97 Å². The van der Waals surface area contributed by atoms with E-state index in [1.54, 1.807) is 0 Å². The molecular formula is C22H24O4. The maximum atomic E-state index is 12.4. The van der Waals surface area contributed by atoms with Gasteiger partial charge in [-0.1, -0.05) is 48.5 Å². The van der Waals surface area contributed by atoms with Crippen LogP contribution in [0.3, 0.4) is 0 Å². The van der Waals surface area contributed by atoms with E-state index in [1.165, 1.54) is 25.2 Å². The van der Waals surface area contributed by atoms with Gasteiger partial charge in [0.1, 0.15) is 6.10 Å². The highest BCUT2D eigenvalue weighted by molar-refractivity contribution is 5.74.